The van der Waals surface area contributed by atoms with Crippen LogP contribution in [0.1, 0.15) is 18.4 Å². The molecule has 1 fully saturated rings. The minimum atomic E-state index is -1.19. The Morgan fingerprint density at radius 2 is 2.28 bits per heavy atom. The minimum absolute atomic E-state index is 0.0208. The van der Waals surface area contributed by atoms with Crippen LogP contribution in [0.4, 0.5) is 5.13 Å². The molecule has 12 nitrogen and oxygen atoms in total. The zero-order valence-electron chi connectivity index (χ0n) is 18.9. The van der Waals surface area contributed by atoms with E-state index in [1.54, 1.807) is 13.1 Å². The number of hydrogen-bond acceptors (Lipinski definition) is 12. The third kappa shape index (κ3) is 5.52. The Kier molecular flexibility index (Phi) is 8.22. The van der Waals surface area contributed by atoms with Crippen molar-refractivity contribution in [3.8, 4) is 0 Å². The average Bonchev–Trinajstić information content (AvgIpc) is 3.31. The smallest absolute Gasteiger partial charge is 0.352 e. The Balaban J connectivity index is 1.44. The fourth-order valence-corrected chi connectivity index (χ4v) is 6.07. The highest BCUT2D eigenvalue weighted by Gasteiger charge is 2.54. The number of carboxylic acids is 1. The van der Waals surface area contributed by atoms with E-state index in [-0.39, 0.29) is 29.0 Å². The number of β-lactam (4-membered cyclic amide) rings is 1. The van der Waals surface area contributed by atoms with Gasteiger partial charge in [0.1, 0.15) is 23.7 Å². The van der Waals surface area contributed by atoms with E-state index in [1.165, 1.54) is 28.4 Å². The average molecular weight is 548 g/mol. The monoisotopic (exact) mass is 547 g/mol. The molecule has 188 valence electrons. The number of aliphatic carboxylic acids is 1. The number of pyridine rings is 1. The Morgan fingerprint density at radius 1 is 1.44 bits per heavy atom. The topological polar surface area (TPSA) is 173 Å². The Hall–Kier alpha value is -3.43. The van der Waals surface area contributed by atoms with Crippen molar-refractivity contribution in [3.05, 3.63) is 52.6 Å². The number of nitrogens with zero attached hydrogens (tertiary/aromatic N) is 5. The minimum Gasteiger partial charge on any atom is -0.477 e. The highest BCUT2D eigenvalue weighted by molar-refractivity contribution is 8.02. The van der Waals surface area contributed by atoms with Crippen LogP contribution in [0.5, 0.6) is 0 Å². The Labute approximate surface area is 218 Å². The number of nitrogens with one attached hydrogen (secondary N) is 1. The number of carbonyl (C=O) groups excluding carboxylic acids is 2. The molecule has 36 heavy (non-hydrogen) atoms. The molecule has 4 rings (SSSR count). The molecule has 0 radical (unpaired) electrons. The molecule has 2 amide bonds. The number of rotatable bonds is 10. The summed E-state index contributed by atoms with van der Waals surface area (Å²) in [6, 6.07) is 4.62. The first-order valence-electron chi connectivity index (χ1n) is 10.6. The van der Waals surface area contributed by atoms with Gasteiger partial charge in [0, 0.05) is 29.2 Å². The van der Waals surface area contributed by atoms with Crippen molar-refractivity contribution >= 4 is 69.8 Å². The van der Waals surface area contributed by atoms with Gasteiger partial charge >= 0.3 is 5.97 Å². The summed E-state index contributed by atoms with van der Waals surface area (Å²) in [4.78, 5) is 52.2. The predicted octanol–water partition coefficient (Wildman–Crippen LogP) is 1.40. The number of oxime groups is 1. The summed E-state index contributed by atoms with van der Waals surface area (Å²) in [6.07, 6.45) is 3.52. The molecule has 1 saturated heterocycles. The van der Waals surface area contributed by atoms with Crippen molar-refractivity contribution in [1.29, 1.82) is 0 Å². The van der Waals surface area contributed by atoms with Crippen molar-refractivity contribution in [2.24, 2.45) is 5.16 Å². The van der Waals surface area contributed by atoms with Crippen LogP contribution in [0.3, 0.4) is 0 Å². The standard InChI is InChI=1S/C21H21N7O5S3/c1-2-33-26-13(16-25-21(22)36-27-16)17(29)24-14-18(30)28-15(20(31)32)11(10-35-19(14)28)9-34-8-6-12-5-3-4-7-23-12/h3-8,14,19H,2,9-10H2,1H3,(H,24,29)(H,31,32)(H2,22,25,27)/t14?,19-/m0/s1. The normalized spacial score (nSPS) is 19.8. The first kappa shape index (κ1) is 25.7. The lowest BCUT2D eigenvalue weighted by molar-refractivity contribution is -0.150. The van der Waals surface area contributed by atoms with E-state index >= 15 is 0 Å². The van der Waals surface area contributed by atoms with E-state index in [0.29, 0.717) is 17.1 Å². The second-order valence-corrected chi connectivity index (χ2v) is 10.1. The molecular weight excluding hydrogens is 526 g/mol. The summed E-state index contributed by atoms with van der Waals surface area (Å²) in [5, 5.41) is 17.6. The maximum absolute atomic E-state index is 12.9. The molecule has 2 aromatic heterocycles. The molecule has 0 aliphatic carbocycles. The highest BCUT2D eigenvalue weighted by Crippen LogP contribution is 2.41. The second-order valence-electron chi connectivity index (χ2n) is 7.30. The molecule has 4 N–H and O–H groups in total. The highest BCUT2D eigenvalue weighted by atomic mass is 32.2. The van der Waals surface area contributed by atoms with Crippen LogP contribution in [-0.2, 0) is 19.2 Å². The van der Waals surface area contributed by atoms with Crippen molar-refractivity contribution in [2.75, 3.05) is 23.8 Å². The number of amides is 2. The van der Waals surface area contributed by atoms with E-state index in [9.17, 15) is 19.5 Å². The summed E-state index contributed by atoms with van der Waals surface area (Å²) in [5.41, 5.74) is 6.75. The zero-order chi connectivity index (χ0) is 25.7. The van der Waals surface area contributed by atoms with E-state index in [1.807, 2.05) is 29.7 Å². The number of hydrogen-bond donors (Lipinski definition) is 3. The number of thioether (sulfide) groups is 2. The quantitative estimate of drug-likeness (QED) is 0.223. The molecule has 2 aliphatic rings. The molecular formula is C21H21N7O5S3. The van der Waals surface area contributed by atoms with Crippen LogP contribution >= 0.6 is 35.1 Å². The molecule has 2 aliphatic heterocycles. The van der Waals surface area contributed by atoms with Gasteiger partial charge in [-0.25, -0.2) is 4.79 Å². The lowest BCUT2D eigenvalue weighted by atomic mass is 10.0. The van der Waals surface area contributed by atoms with Gasteiger partial charge in [-0.3, -0.25) is 19.5 Å². The van der Waals surface area contributed by atoms with E-state index in [2.05, 4.69) is 24.8 Å². The van der Waals surface area contributed by atoms with Crippen LogP contribution in [-0.4, -0.2) is 77.4 Å². The molecule has 0 aromatic carbocycles. The van der Waals surface area contributed by atoms with E-state index in [0.717, 1.165) is 17.2 Å². The molecule has 2 atom stereocenters. The Morgan fingerprint density at radius 3 is 2.94 bits per heavy atom. The van der Waals surface area contributed by atoms with E-state index < -0.39 is 29.2 Å². The maximum atomic E-state index is 12.9. The fourth-order valence-electron chi connectivity index (χ4n) is 3.39. The number of fused-ring (bicyclic) bond motifs is 1. The number of anilines is 1. The van der Waals surface area contributed by atoms with Crippen LogP contribution in [0.15, 0.2) is 46.2 Å². The lowest BCUT2D eigenvalue weighted by Gasteiger charge is -2.49. The molecule has 15 heteroatoms. The molecule has 0 bridgehead atoms. The summed E-state index contributed by atoms with van der Waals surface area (Å²) < 4.78 is 3.98. The maximum Gasteiger partial charge on any atom is 0.352 e. The molecule has 4 heterocycles. The van der Waals surface area contributed by atoms with Gasteiger partial charge in [-0.15, -0.1) is 23.5 Å². The summed E-state index contributed by atoms with van der Waals surface area (Å²) in [5.74, 6) is -1.66. The molecule has 1 unspecified atom stereocenters. The number of nitrogens with two attached hydrogens (primary N) is 1. The number of aromatic nitrogens is 3. The number of carboxylic acid groups (broad SMARTS) is 1. The first-order valence-corrected chi connectivity index (χ1v) is 13.5. The molecule has 0 saturated carbocycles. The van der Waals surface area contributed by atoms with Crippen LogP contribution in [0.25, 0.3) is 6.08 Å². The van der Waals surface area contributed by atoms with E-state index in [4.69, 9.17) is 10.6 Å². The predicted molar refractivity (Wildman–Crippen MR) is 138 cm³/mol. The lowest BCUT2D eigenvalue weighted by Crippen LogP contribution is -2.71. The van der Waals surface area contributed by atoms with Gasteiger partial charge in [0.05, 0.1) is 5.69 Å². The Bertz CT molecular complexity index is 1250. The zero-order valence-corrected chi connectivity index (χ0v) is 21.3. The SMILES string of the molecule is CCON=C(C(=O)NC1C(=O)N2C(C(=O)O)=C(CSC=Cc3ccccn3)CS[C@@H]12)c1nsc(N)n1. The van der Waals surface area contributed by atoms with Crippen LogP contribution in [0, 0.1) is 0 Å². The first-order chi connectivity index (χ1) is 17.4. The van der Waals surface area contributed by atoms with Crippen molar-refractivity contribution in [3.63, 3.8) is 0 Å². The summed E-state index contributed by atoms with van der Waals surface area (Å²) >= 11 is 3.68. The van der Waals surface area contributed by atoms with Crippen molar-refractivity contribution in [2.45, 2.75) is 18.3 Å². The molecule has 2 aromatic rings. The van der Waals surface area contributed by atoms with Gasteiger partial charge in [0.2, 0.25) is 11.5 Å². The van der Waals surface area contributed by atoms with Crippen molar-refractivity contribution < 1.29 is 24.3 Å². The number of carbonyl (C=O) groups is 3. The molecule has 0 spiro atoms. The summed E-state index contributed by atoms with van der Waals surface area (Å²) in [7, 11) is 0. The third-order valence-corrected chi connectivity index (χ3v) is 7.70. The van der Waals surface area contributed by atoms with Crippen molar-refractivity contribution in [1.82, 2.24) is 24.6 Å². The van der Waals surface area contributed by atoms with Crippen LogP contribution < -0.4 is 11.1 Å². The van der Waals surface area contributed by atoms with Gasteiger partial charge in [-0.1, -0.05) is 11.2 Å². The van der Waals surface area contributed by atoms with Gasteiger partial charge < -0.3 is 21.0 Å². The largest absolute Gasteiger partial charge is 0.477 e. The second kappa shape index (κ2) is 11.5. The van der Waals surface area contributed by atoms with Gasteiger partial charge in [0.25, 0.3) is 11.8 Å². The van der Waals surface area contributed by atoms with Gasteiger partial charge in [-0.2, -0.15) is 9.36 Å². The van der Waals surface area contributed by atoms with Crippen LogP contribution in [0.2, 0.25) is 0 Å². The fraction of sp³-hybridized carbons (Fsp3) is 0.286. The number of nitrogen functional groups attached to an aromatic ring is 1. The van der Waals surface area contributed by atoms with Gasteiger partial charge in [0.15, 0.2) is 5.13 Å². The van der Waals surface area contributed by atoms with Gasteiger partial charge in [-0.05, 0) is 36.1 Å². The third-order valence-electron chi connectivity index (χ3n) is 4.97. The summed E-state index contributed by atoms with van der Waals surface area (Å²) in [6.45, 7) is 1.90.